The summed E-state index contributed by atoms with van der Waals surface area (Å²) in [6, 6.07) is 11.8. The summed E-state index contributed by atoms with van der Waals surface area (Å²) < 4.78 is 0. The molecule has 1 fully saturated rings. The molecular formula is C19H29N. The smallest absolute Gasteiger partial charge is 0.0164 e. The van der Waals surface area contributed by atoms with Crippen LogP contribution in [-0.2, 0) is 5.41 Å². The van der Waals surface area contributed by atoms with Gasteiger partial charge in [-0.05, 0) is 44.2 Å². The molecule has 1 aliphatic carbocycles. The molecule has 1 unspecified atom stereocenters. The van der Waals surface area contributed by atoms with Crippen molar-refractivity contribution in [2.75, 3.05) is 6.54 Å². The third kappa shape index (κ3) is 3.73. The molecule has 1 saturated carbocycles. The van der Waals surface area contributed by atoms with E-state index in [1.807, 2.05) is 6.08 Å². The fraction of sp³-hybridized carbons (Fsp3) is 0.579. The zero-order valence-electron chi connectivity index (χ0n) is 12.9. The Labute approximate surface area is 124 Å². The molecule has 2 rings (SSSR count). The Bertz CT molecular complexity index is 391. The third-order valence-electron chi connectivity index (χ3n) is 4.66. The van der Waals surface area contributed by atoms with Crippen molar-refractivity contribution >= 4 is 0 Å². The van der Waals surface area contributed by atoms with Crippen molar-refractivity contribution in [2.45, 2.75) is 63.3 Å². The van der Waals surface area contributed by atoms with Crippen LogP contribution < -0.4 is 5.32 Å². The molecule has 1 aromatic rings. The van der Waals surface area contributed by atoms with Crippen molar-refractivity contribution in [2.24, 2.45) is 0 Å². The first-order chi connectivity index (χ1) is 9.83. The second-order valence-corrected chi connectivity index (χ2v) is 6.06. The van der Waals surface area contributed by atoms with Gasteiger partial charge >= 0.3 is 0 Å². The highest BCUT2D eigenvalue weighted by atomic mass is 14.9. The second-order valence-electron chi connectivity index (χ2n) is 6.06. The molecule has 1 N–H and O–H groups in total. The summed E-state index contributed by atoms with van der Waals surface area (Å²) in [5.74, 6) is 0. The van der Waals surface area contributed by atoms with Crippen molar-refractivity contribution < 1.29 is 0 Å². The third-order valence-corrected chi connectivity index (χ3v) is 4.66. The first-order valence-electron chi connectivity index (χ1n) is 8.23. The predicted octanol–water partition coefficient (Wildman–Crippen LogP) is 4.83. The predicted molar refractivity (Wildman–Crippen MR) is 88.1 cm³/mol. The molecule has 0 heterocycles. The molecule has 0 amide bonds. The Morgan fingerprint density at radius 3 is 2.55 bits per heavy atom. The molecule has 20 heavy (non-hydrogen) atoms. The number of nitrogens with one attached hydrogen (secondary N) is 1. The van der Waals surface area contributed by atoms with Crippen LogP contribution in [0.4, 0.5) is 0 Å². The van der Waals surface area contributed by atoms with Gasteiger partial charge < -0.3 is 5.32 Å². The summed E-state index contributed by atoms with van der Waals surface area (Å²) in [5.41, 5.74) is 1.97. The first kappa shape index (κ1) is 15.3. The minimum absolute atomic E-state index is 0.426. The van der Waals surface area contributed by atoms with E-state index in [1.54, 1.807) is 0 Å². The van der Waals surface area contributed by atoms with Crippen molar-refractivity contribution in [3.05, 3.63) is 48.6 Å². The first-order valence-corrected chi connectivity index (χ1v) is 8.23. The number of allylic oxidation sites excluding steroid dienone is 1. The van der Waals surface area contributed by atoms with Gasteiger partial charge in [-0.15, -0.1) is 6.58 Å². The molecule has 110 valence electrons. The second kappa shape index (κ2) is 7.64. The average Bonchev–Trinajstić information content (AvgIpc) is 3.28. The number of likely N-dealkylation sites (N-methyl/N-ethyl adjacent to an activating group) is 1. The summed E-state index contributed by atoms with van der Waals surface area (Å²) in [7, 11) is 0. The number of benzene rings is 1. The lowest BCUT2D eigenvalue weighted by Crippen LogP contribution is -2.40. The Balaban J connectivity index is 1.92. The van der Waals surface area contributed by atoms with Crippen LogP contribution >= 0.6 is 0 Å². The van der Waals surface area contributed by atoms with Crippen LogP contribution in [0, 0.1) is 0 Å². The molecule has 0 saturated heterocycles. The summed E-state index contributed by atoms with van der Waals surface area (Å²) in [6.45, 7) is 7.10. The SMILES string of the molecule is C=CCCCCCC(NCC)C1(c2ccccc2)CC1. The highest BCUT2D eigenvalue weighted by Crippen LogP contribution is 2.52. The van der Waals surface area contributed by atoms with E-state index in [0.29, 0.717) is 11.5 Å². The van der Waals surface area contributed by atoms with Gasteiger partial charge in [0.2, 0.25) is 0 Å². The fourth-order valence-corrected chi connectivity index (χ4v) is 3.38. The zero-order chi connectivity index (χ0) is 14.3. The maximum Gasteiger partial charge on any atom is 0.0164 e. The maximum absolute atomic E-state index is 3.80. The Morgan fingerprint density at radius 1 is 1.20 bits per heavy atom. The van der Waals surface area contributed by atoms with E-state index >= 15 is 0 Å². The summed E-state index contributed by atoms with van der Waals surface area (Å²) in [4.78, 5) is 0. The molecule has 0 radical (unpaired) electrons. The molecule has 1 heteroatoms. The Morgan fingerprint density at radius 2 is 1.95 bits per heavy atom. The molecular weight excluding hydrogens is 242 g/mol. The number of hydrogen-bond acceptors (Lipinski definition) is 1. The highest BCUT2D eigenvalue weighted by molar-refractivity contribution is 5.33. The van der Waals surface area contributed by atoms with Gasteiger partial charge in [-0.1, -0.05) is 56.2 Å². The largest absolute Gasteiger partial charge is 0.313 e. The van der Waals surface area contributed by atoms with E-state index in [0.717, 1.165) is 13.0 Å². The van der Waals surface area contributed by atoms with Crippen LogP contribution in [-0.4, -0.2) is 12.6 Å². The summed E-state index contributed by atoms with van der Waals surface area (Å²) >= 11 is 0. The molecule has 0 bridgehead atoms. The van der Waals surface area contributed by atoms with Crippen LogP contribution in [0.5, 0.6) is 0 Å². The van der Waals surface area contributed by atoms with Gasteiger partial charge in [0.1, 0.15) is 0 Å². The van der Waals surface area contributed by atoms with Crippen molar-refractivity contribution in [1.82, 2.24) is 5.32 Å². The Kier molecular flexibility index (Phi) is 5.85. The molecule has 1 atom stereocenters. The van der Waals surface area contributed by atoms with E-state index in [2.05, 4.69) is 49.2 Å². The molecule has 0 spiro atoms. The molecule has 1 aromatic carbocycles. The van der Waals surface area contributed by atoms with E-state index in [-0.39, 0.29) is 0 Å². The van der Waals surface area contributed by atoms with Crippen LogP contribution in [0.2, 0.25) is 0 Å². The van der Waals surface area contributed by atoms with E-state index < -0.39 is 0 Å². The van der Waals surface area contributed by atoms with Gasteiger partial charge in [-0.2, -0.15) is 0 Å². The topological polar surface area (TPSA) is 12.0 Å². The summed E-state index contributed by atoms with van der Waals surface area (Å²) in [5, 5.41) is 3.75. The van der Waals surface area contributed by atoms with Gasteiger partial charge in [-0.3, -0.25) is 0 Å². The van der Waals surface area contributed by atoms with Gasteiger partial charge in [0, 0.05) is 11.5 Å². The lowest BCUT2D eigenvalue weighted by Gasteiger charge is -2.28. The van der Waals surface area contributed by atoms with Gasteiger partial charge in [0.05, 0.1) is 0 Å². The summed E-state index contributed by atoms with van der Waals surface area (Å²) in [6.07, 6.45) is 11.2. The van der Waals surface area contributed by atoms with E-state index in [4.69, 9.17) is 0 Å². The minimum Gasteiger partial charge on any atom is -0.313 e. The maximum atomic E-state index is 3.80. The number of unbranched alkanes of at least 4 members (excludes halogenated alkanes) is 3. The van der Waals surface area contributed by atoms with Gasteiger partial charge in [-0.25, -0.2) is 0 Å². The van der Waals surface area contributed by atoms with Crippen LogP contribution in [0.1, 0.15) is 57.4 Å². The lowest BCUT2D eigenvalue weighted by molar-refractivity contribution is 0.385. The highest BCUT2D eigenvalue weighted by Gasteiger charge is 2.49. The molecule has 0 aromatic heterocycles. The molecule has 0 aliphatic heterocycles. The zero-order valence-corrected chi connectivity index (χ0v) is 12.9. The van der Waals surface area contributed by atoms with Crippen LogP contribution in [0.25, 0.3) is 0 Å². The average molecular weight is 271 g/mol. The minimum atomic E-state index is 0.426. The monoisotopic (exact) mass is 271 g/mol. The van der Waals surface area contributed by atoms with Crippen LogP contribution in [0.15, 0.2) is 43.0 Å². The normalized spacial score (nSPS) is 17.6. The van der Waals surface area contributed by atoms with Crippen molar-refractivity contribution in [1.29, 1.82) is 0 Å². The van der Waals surface area contributed by atoms with Crippen LogP contribution in [0.3, 0.4) is 0 Å². The van der Waals surface area contributed by atoms with E-state index in [9.17, 15) is 0 Å². The molecule has 1 aliphatic rings. The van der Waals surface area contributed by atoms with Gasteiger partial charge in [0.15, 0.2) is 0 Å². The van der Waals surface area contributed by atoms with Crippen molar-refractivity contribution in [3.63, 3.8) is 0 Å². The van der Waals surface area contributed by atoms with Gasteiger partial charge in [0.25, 0.3) is 0 Å². The number of hydrogen-bond donors (Lipinski definition) is 1. The fourth-order valence-electron chi connectivity index (χ4n) is 3.38. The standard InChI is InChI=1S/C19H29N/c1-3-5-6-7-11-14-18(20-4-2)19(15-16-19)17-12-9-8-10-13-17/h3,8-10,12-13,18,20H,1,4-7,11,14-16H2,2H3. The Hall–Kier alpha value is -1.08. The van der Waals surface area contributed by atoms with E-state index in [1.165, 1.54) is 44.1 Å². The lowest BCUT2D eigenvalue weighted by atomic mass is 9.85. The number of rotatable bonds is 10. The molecule has 1 nitrogen and oxygen atoms in total. The van der Waals surface area contributed by atoms with Crippen molar-refractivity contribution in [3.8, 4) is 0 Å². The quantitative estimate of drug-likeness (QED) is 0.474.